The van der Waals surface area contributed by atoms with E-state index in [9.17, 15) is 19.7 Å². The van der Waals surface area contributed by atoms with Gasteiger partial charge in [0.25, 0.3) is 11.6 Å². The van der Waals surface area contributed by atoms with Crippen LogP contribution in [0.2, 0.25) is 5.02 Å². The van der Waals surface area contributed by atoms with Crippen molar-refractivity contribution in [1.29, 1.82) is 0 Å². The van der Waals surface area contributed by atoms with E-state index >= 15 is 0 Å². The highest BCUT2D eigenvalue weighted by Gasteiger charge is 2.61. The summed E-state index contributed by atoms with van der Waals surface area (Å²) in [5.41, 5.74) is 0.306. The van der Waals surface area contributed by atoms with Gasteiger partial charge in [-0.1, -0.05) is 36.6 Å². The van der Waals surface area contributed by atoms with Gasteiger partial charge in [0.15, 0.2) is 10.5 Å². The second-order valence-electron chi connectivity index (χ2n) is 8.63. The second kappa shape index (κ2) is 8.07. The van der Waals surface area contributed by atoms with Crippen molar-refractivity contribution in [2.75, 3.05) is 16.3 Å². The number of benzene rings is 2. The number of nitro benzene ring substituents is 1. The minimum Gasteiger partial charge on any atom is -0.367 e. The zero-order valence-corrected chi connectivity index (χ0v) is 19.2. The normalized spacial score (nSPS) is 24.8. The highest BCUT2D eigenvalue weighted by Crippen LogP contribution is 2.48. The van der Waals surface area contributed by atoms with Crippen LogP contribution in [-0.2, 0) is 16.0 Å². The Morgan fingerprint density at radius 2 is 1.91 bits per heavy atom. The van der Waals surface area contributed by atoms with Crippen LogP contribution in [-0.4, -0.2) is 34.4 Å². The smallest absolute Gasteiger partial charge is 0.269 e. The van der Waals surface area contributed by atoms with Crippen molar-refractivity contribution in [3.63, 3.8) is 0 Å². The van der Waals surface area contributed by atoms with Gasteiger partial charge in [0.2, 0.25) is 5.91 Å². The van der Waals surface area contributed by atoms with Crippen molar-refractivity contribution in [1.82, 2.24) is 5.32 Å². The summed E-state index contributed by atoms with van der Waals surface area (Å²) in [5, 5.41) is 14.5. The average Bonchev–Trinajstić information content (AvgIpc) is 3.05. The molecule has 0 aromatic heterocycles. The van der Waals surface area contributed by atoms with Crippen LogP contribution in [0.15, 0.2) is 42.5 Å². The van der Waals surface area contributed by atoms with Crippen molar-refractivity contribution >= 4 is 57.8 Å². The number of nitrogens with zero attached hydrogens (tertiary/aromatic N) is 3. The second-order valence-corrected chi connectivity index (χ2v) is 9.42. The molecule has 2 fully saturated rings. The zero-order chi connectivity index (χ0) is 23.3. The molecule has 5 rings (SSSR count). The monoisotopic (exact) mass is 484 g/mol. The third-order valence-corrected chi connectivity index (χ3v) is 7.49. The highest BCUT2D eigenvalue weighted by molar-refractivity contribution is 7.80. The van der Waals surface area contributed by atoms with Gasteiger partial charge in [-0.2, -0.15) is 0 Å². The first-order chi connectivity index (χ1) is 15.8. The average molecular weight is 485 g/mol. The number of anilines is 2. The summed E-state index contributed by atoms with van der Waals surface area (Å²) in [4.78, 5) is 42.2. The Bertz CT molecular complexity index is 1200. The van der Waals surface area contributed by atoms with Crippen molar-refractivity contribution in [2.24, 2.45) is 5.41 Å². The van der Waals surface area contributed by atoms with Crippen LogP contribution < -0.4 is 15.1 Å². The molecular weight excluding hydrogens is 464 g/mol. The predicted molar refractivity (Wildman–Crippen MR) is 129 cm³/mol. The van der Waals surface area contributed by atoms with Crippen molar-refractivity contribution < 1.29 is 14.5 Å². The summed E-state index contributed by atoms with van der Waals surface area (Å²) >= 11 is 11.8. The number of hydrogen-bond acceptors (Lipinski definition) is 6. The molecule has 2 aromatic carbocycles. The quantitative estimate of drug-likeness (QED) is 0.300. The van der Waals surface area contributed by atoms with Gasteiger partial charge in [-0.25, -0.2) is 0 Å². The lowest BCUT2D eigenvalue weighted by molar-refractivity contribution is -0.384. The number of para-hydroxylation sites is 1. The molecule has 1 spiro atoms. The Labute approximate surface area is 200 Å². The molecule has 0 radical (unpaired) electrons. The van der Waals surface area contributed by atoms with Crippen LogP contribution in [0.25, 0.3) is 0 Å². The molecule has 3 aliphatic heterocycles. The maximum atomic E-state index is 14.2. The number of nitro groups is 1. The fourth-order valence-electron chi connectivity index (χ4n) is 5.39. The van der Waals surface area contributed by atoms with Gasteiger partial charge in [0.1, 0.15) is 0 Å². The maximum absolute atomic E-state index is 14.2. The number of fused-ring (bicyclic) bond motifs is 4. The number of non-ortho nitro benzene ring substituents is 1. The van der Waals surface area contributed by atoms with E-state index in [4.69, 9.17) is 23.8 Å². The van der Waals surface area contributed by atoms with E-state index in [0.29, 0.717) is 29.2 Å². The minimum absolute atomic E-state index is 0.0197. The first-order valence-corrected chi connectivity index (χ1v) is 11.6. The van der Waals surface area contributed by atoms with Gasteiger partial charge in [-0.15, -0.1) is 0 Å². The van der Waals surface area contributed by atoms with Gasteiger partial charge < -0.3 is 10.2 Å². The molecule has 33 heavy (non-hydrogen) atoms. The van der Waals surface area contributed by atoms with Crippen molar-refractivity contribution in [2.45, 2.75) is 38.1 Å². The van der Waals surface area contributed by atoms with Crippen molar-refractivity contribution in [3.05, 3.63) is 63.2 Å². The standard InChI is InChI=1S/C23H21ClN4O4S/c24-16-6-3-4-7-18(16)27-21(30)23(20(29)25-22(27)33)13-14-12-15(28(31)32)9-10-17(14)26-11-5-1-2-8-19(23)26/h3-4,6-7,9-10,12,19H,1-2,5,8,11,13H2,(H,25,29,33)/t19-,23-/m1/s1. The first-order valence-electron chi connectivity index (χ1n) is 10.8. The molecular formula is C23H21ClN4O4S. The topological polar surface area (TPSA) is 95.8 Å². The van der Waals surface area contributed by atoms with Crippen LogP contribution in [0.3, 0.4) is 0 Å². The Balaban J connectivity index is 1.70. The number of hydrogen-bond donors (Lipinski definition) is 1. The molecule has 0 aliphatic carbocycles. The van der Waals surface area contributed by atoms with Crippen LogP contribution >= 0.6 is 23.8 Å². The number of halogens is 1. The fraction of sp³-hybridized carbons (Fsp3) is 0.348. The van der Waals surface area contributed by atoms with E-state index in [2.05, 4.69) is 10.2 Å². The van der Waals surface area contributed by atoms with Crippen LogP contribution in [0.4, 0.5) is 17.1 Å². The van der Waals surface area contributed by atoms with Gasteiger partial charge in [0, 0.05) is 30.8 Å². The third-order valence-electron chi connectivity index (χ3n) is 6.88. The number of nitrogens with one attached hydrogen (secondary N) is 1. The van der Waals surface area contributed by atoms with Gasteiger partial charge in [0.05, 0.1) is 21.7 Å². The van der Waals surface area contributed by atoms with Crippen LogP contribution in [0.1, 0.15) is 31.2 Å². The van der Waals surface area contributed by atoms with E-state index in [0.717, 1.165) is 24.9 Å². The number of carbonyl (C=O) groups excluding carboxylic acids is 2. The first kappa shape index (κ1) is 21.8. The molecule has 2 atom stereocenters. The van der Waals surface area contributed by atoms with Gasteiger partial charge in [-0.3, -0.25) is 24.6 Å². The summed E-state index contributed by atoms with van der Waals surface area (Å²) < 4.78 is 0. The van der Waals surface area contributed by atoms with Crippen molar-refractivity contribution in [3.8, 4) is 0 Å². The molecule has 0 unspecified atom stereocenters. The molecule has 2 aromatic rings. The molecule has 3 aliphatic rings. The van der Waals surface area contributed by atoms with E-state index in [1.165, 1.54) is 17.0 Å². The predicted octanol–water partition coefficient (Wildman–Crippen LogP) is 3.99. The largest absolute Gasteiger partial charge is 0.367 e. The number of carbonyl (C=O) groups is 2. The molecule has 170 valence electrons. The number of thiocarbonyl (C=S) groups is 1. The SMILES string of the molecule is O=C1NC(=S)N(c2ccccc2Cl)C(=O)[C@@]12Cc1cc([N+](=O)[O-])ccc1N1CCCCC[C@@H]12. The lowest BCUT2D eigenvalue weighted by Crippen LogP contribution is -2.72. The van der Waals surface area contributed by atoms with Crippen LogP contribution in [0, 0.1) is 15.5 Å². The number of amides is 2. The Hall–Kier alpha value is -3.04. The lowest BCUT2D eigenvalue weighted by atomic mass is 9.67. The minimum atomic E-state index is -1.48. The van der Waals surface area contributed by atoms with E-state index < -0.39 is 28.2 Å². The molecule has 2 amide bonds. The fourth-order valence-corrected chi connectivity index (χ4v) is 5.88. The van der Waals surface area contributed by atoms with E-state index in [1.807, 2.05) is 0 Å². The zero-order valence-electron chi connectivity index (χ0n) is 17.6. The Kier molecular flexibility index (Phi) is 5.33. The molecule has 2 saturated heterocycles. The summed E-state index contributed by atoms with van der Waals surface area (Å²) in [7, 11) is 0. The van der Waals surface area contributed by atoms with Crippen LogP contribution in [0.5, 0.6) is 0 Å². The van der Waals surface area contributed by atoms with E-state index in [-0.39, 0.29) is 17.2 Å². The van der Waals surface area contributed by atoms with E-state index in [1.54, 1.807) is 30.3 Å². The molecule has 1 N–H and O–H groups in total. The molecule has 10 heteroatoms. The molecule has 0 bridgehead atoms. The summed E-state index contributed by atoms with van der Waals surface area (Å²) in [6.07, 6.45) is 3.47. The lowest BCUT2D eigenvalue weighted by Gasteiger charge is -2.52. The summed E-state index contributed by atoms with van der Waals surface area (Å²) in [6.45, 7) is 0.661. The number of rotatable bonds is 2. The summed E-state index contributed by atoms with van der Waals surface area (Å²) in [6, 6.07) is 11.1. The Morgan fingerprint density at radius 3 is 2.67 bits per heavy atom. The molecule has 8 nitrogen and oxygen atoms in total. The van der Waals surface area contributed by atoms with Gasteiger partial charge in [-0.05, 0) is 48.8 Å². The highest BCUT2D eigenvalue weighted by atomic mass is 35.5. The molecule has 0 saturated carbocycles. The van der Waals surface area contributed by atoms with Gasteiger partial charge >= 0.3 is 0 Å². The Morgan fingerprint density at radius 1 is 1.12 bits per heavy atom. The maximum Gasteiger partial charge on any atom is 0.269 e. The third kappa shape index (κ3) is 3.29. The molecule has 3 heterocycles. The summed E-state index contributed by atoms with van der Waals surface area (Å²) in [5.74, 6) is -0.909.